The second-order valence-corrected chi connectivity index (χ2v) is 6.11. The minimum absolute atomic E-state index is 0.0984. The van der Waals surface area contributed by atoms with Crippen LogP contribution in [0.25, 0.3) is 0 Å². The number of alkyl halides is 3. The lowest BCUT2D eigenvalue weighted by atomic mass is 9.74. The predicted octanol–water partition coefficient (Wildman–Crippen LogP) is 4.97. The van der Waals surface area contributed by atoms with E-state index in [1.54, 1.807) is 12.1 Å². The molecule has 18 heavy (non-hydrogen) atoms. The zero-order valence-corrected chi connectivity index (χ0v) is 11.1. The number of benzene rings is 1. The lowest BCUT2D eigenvalue weighted by Gasteiger charge is -2.32. The van der Waals surface area contributed by atoms with Crippen molar-refractivity contribution in [3.05, 3.63) is 34.9 Å². The Morgan fingerprint density at radius 3 is 2.33 bits per heavy atom. The van der Waals surface area contributed by atoms with Gasteiger partial charge in [0.2, 0.25) is 0 Å². The Bertz CT molecular complexity index is 438. The van der Waals surface area contributed by atoms with E-state index in [-0.39, 0.29) is 11.8 Å². The average molecular weight is 256 g/mol. The van der Waals surface area contributed by atoms with Crippen LogP contribution in [0.4, 0.5) is 13.2 Å². The van der Waals surface area contributed by atoms with E-state index in [1.165, 1.54) is 0 Å². The molecule has 0 amide bonds. The largest absolute Gasteiger partial charge is 0.395 e. The smallest absolute Gasteiger partial charge is 0.170 e. The Kier molecular flexibility index (Phi) is 3.20. The Morgan fingerprint density at radius 2 is 1.78 bits per heavy atom. The van der Waals surface area contributed by atoms with Crippen LogP contribution in [0, 0.1) is 0 Å². The summed E-state index contributed by atoms with van der Waals surface area (Å²) in [5, 5.41) is 0. The SMILES string of the molecule is CC(C)(C)c1cccc2c1CCCC2C(F)(F)F. The number of rotatable bonds is 0. The summed E-state index contributed by atoms with van der Waals surface area (Å²) >= 11 is 0. The van der Waals surface area contributed by atoms with Gasteiger partial charge in [-0.3, -0.25) is 0 Å². The fraction of sp³-hybridized carbons (Fsp3) is 0.600. The fourth-order valence-corrected chi connectivity index (χ4v) is 2.89. The van der Waals surface area contributed by atoms with Gasteiger partial charge in [-0.2, -0.15) is 13.2 Å². The van der Waals surface area contributed by atoms with Crippen LogP contribution in [-0.4, -0.2) is 6.18 Å². The first-order valence-corrected chi connectivity index (χ1v) is 6.40. The maximum atomic E-state index is 13.0. The molecule has 0 saturated carbocycles. The summed E-state index contributed by atoms with van der Waals surface area (Å²) in [6.45, 7) is 6.17. The lowest BCUT2D eigenvalue weighted by molar-refractivity contribution is -0.153. The maximum Gasteiger partial charge on any atom is 0.395 e. The highest BCUT2D eigenvalue weighted by Crippen LogP contribution is 2.45. The molecule has 0 aliphatic heterocycles. The van der Waals surface area contributed by atoms with E-state index >= 15 is 0 Å². The lowest BCUT2D eigenvalue weighted by Crippen LogP contribution is -2.27. The molecule has 0 N–H and O–H groups in total. The van der Waals surface area contributed by atoms with Crippen LogP contribution in [0.3, 0.4) is 0 Å². The summed E-state index contributed by atoms with van der Waals surface area (Å²) in [6.07, 6.45) is -2.49. The van der Waals surface area contributed by atoms with Crippen LogP contribution in [0.1, 0.15) is 56.2 Å². The van der Waals surface area contributed by atoms with Crippen molar-refractivity contribution in [3.63, 3.8) is 0 Å². The van der Waals surface area contributed by atoms with Gasteiger partial charge in [-0.25, -0.2) is 0 Å². The van der Waals surface area contributed by atoms with Crippen molar-refractivity contribution >= 4 is 0 Å². The van der Waals surface area contributed by atoms with Crippen molar-refractivity contribution < 1.29 is 13.2 Å². The molecule has 0 radical (unpaired) electrons. The van der Waals surface area contributed by atoms with Gasteiger partial charge in [0.15, 0.2) is 0 Å². The van der Waals surface area contributed by atoms with Crippen molar-refractivity contribution in [1.82, 2.24) is 0 Å². The monoisotopic (exact) mass is 256 g/mol. The van der Waals surface area contributed by atoms with Crippen LogP contribution in [0.5, 0.6) is 0 Å². The topological polar surface area (TPSA) is 0 Å². The number of hydrogen-bond acceptors (Lipinski definition) is 0. The highest BCUT2D eigenvalue weighted by molar-refractivity contribution is 5.43. The molecule has 0 bridgehead atoms. The quantitative estimate of drug-likeness (QED) is 0.615. The molecule has 0 fully saturated rings. The zero-order valence-electron chi connectivity index (χ0n) is 11.1. The number of fused-ring (bicyclic) bond motifs is 1. The third kappa shape index (κ3) is 2.40. The van der Waals surface area contributed by atoms with E-state index in [4.69, 9.17) is 0 Å². The molecular formula is C15H19F3. The van der Waals surface area contributed by atoms with Crippen LogP contribution < -0.4 is 0 Å². The average Bonchev–Trinajstić information content (AvgIpc) is 2.24. The molecule has 1 aliphatic rings. The molecule has 0 nitrogen and oxygen atoms in total. The van der Waals surface area contributed by atoms with E-state index < -0.39 is 12.1 Å². The summed E-state index contributed by atoms with van der Waals surface area (Å²) in [6, 6.07) is 5.39. The normalized spacial score (nSPS) is 20.7. The third-order valence-corrected chi connectivity index (χ3v) is 3.71. The molecule has 1 aromatic rings. The van der Waals surface area contributed by atoms with Gasteiger partial charge in [-0.1, -0.05) is 39.0 Å². The van der Waals surface area contributed by atoms with Crippen molar-refractivity contribution in [1.29, 1.82) is 0 Å². The highest BCUT2D eigenvalue weighted by atomic mass is 19.4. The molecule has 0 heterocycles. The van der Waals surface area contributed by atoms with Crippen molar-refractivity contribution in [2.45, 2.75) is 57.5 Å². The van der Waals surface area contributed by atoms with Gasteiger partial charge >= 0.3 is 6.18 Å². The van der Waals surface area contributed by atoms with Crippen molar-refractivity contribution in [3.8, 4) is 0 Å². The second-order valence-electron chi connectivity index (χ2n) is 6.11. The standard InChI is InChI=1S/C15H19F3/c1-14(2,3)12-8-4-7-11-10(12)6-5-9-13(11)15(16,17)18/h4,7-8,13H,5-6,9H2,1-3H3. The Hall–Kier alpha value is -0.990. The van der Waals surface area contributed by atoms with Crippen molar-refractivity contribution in [2.24, 2.45) is 0 Å². The van der Waals surface area contributed by atoms with E-state index in [1.807, 2.05) is 6.07 Å². The molecule has 100 valence electrons. The number of halogens is 3. The molecule has 3 heteroatoms. The Balaban J connectivity index is 2.54. The van der Waals surface area contributed by atoms with Crippen molar-refractivity contribution in [2.75, 3.05) is 0 Å². The summed E-state index contributed by atoms with van der Waals surface area (Å²) in [5.74, 6) is -1.27. The van der Waals surface area contributed by atoms with Gasteiger partial charge in [0.25, 0.3) is 0 Å². The van der Waals surface area contributed by atoms with Crippen LogP contribution in [-0.2, 0) is 11.8 Å². The van der Waals surface area contributed by atoms with E-state index in [0.717, 1.165) is 17.5 Å². The van der Waals surface area contributed by atoms with Crippen LogP contribution in [0.2, 0.25) is 0 Å². The van der Waals surface area contributed by atoms with Crippen LogP contribution >= 0.6 is 0 Å². The van der Waals surface area contributed by atoms with Gasteiger partial charge in [-0.15, -0.1) is 0 Å². The van der Waals surface area contributed by atoms with Gasteiger partial charge in [-0.05, 0) is 41.4 Å². The molecular weight excluding hydrogens is 237 g/mol. The first-order valence-electron chi connectivity index (χ1n) is 6.40. The molecule has 0 spiro atoms. The molecule has 1 aliphatic carbocycles. The first kappa shape index (κ1) is 13.4. The predicted molar refractivity (Wildman–Crippen MR) is 66.9 cm³/mol. The van der Waals surface area contributed by atoms with E-state index in [0.29, 0.717) is 12.0 Å². The first-order chi connectivity index (χ1) is 8.21. The van der Waals surface area contributed by atoms with Gasteiger partial charge in [0.05, 0.1) is 5.92 Å². The third-order valence-electron chi connectivity index (χ3n) is 3.71. The van der Waals surface area contributed by atoms with E-state index in [2.05, 4.69) is 20.8 Å². The van der Waals surface area contributed by atoms with Gasteiger partial charge in [0.1, 0.15) is 0 Å². The molecule has 0 saturated heterocycles. The second kappa shape index (κ2) is 4.29. The van der Waals surface area contributed by atoms with Crippen LogP contribution in [0.15, 0.2) is 18.2 Å². The number of hydrogen-bond donors (Lipinski definition) is 0. The minimum atomic E-state index is -4.12. The Morgan fingerprint density at radius 1 is 1.11 bits per heavy atom. The molecule has 1 atom stereocenters. The van der Waals surface area contributed by atoms with Gasteiger partial charge < -0.3 is 0 Å². The fourth-order valence-electron chi connectivity index (χ4n) is 2.89. The zero-order chi connectivity index (χ0) is 13.6. The molecule has 1 unspecified atom stereocenters. The summed E-state index contributed by atoms with van der Waals surface area (Å²) < 4.78 is 39.1. The minimum Gasteiger partial charge on any atom is -0.170 e. The maximum absolute atomic E-state index is 13.0. The van der Waals surface area contributed by atoms with Gasteiger partial charge in [0, 0.05) is 0 Å². The summed E-state index contributed by atoms with van der Waals surface area (Å²) in [4.78, 5) is 0. The molecule has 2 rings (SSSR count). The molecule has 1 aromatic carbocycles. The summed E-state index contributed by atoms with van der Waals surface area (Å²) in [5.41, 5.74) is 2.40. The molecule has 0 aromatic heterocycles. The Labute approximate surface area is 106 Å². The summed E-state index contributed by atoms with van der Waals surface area (Å²) in [7, 11) is 0. The van der Waals surface area contributed by atoms with E-state index in [9.17, 15) is 13.2 Å². The highest BCUT2D eigenvalue weighted by Gasteiger charge is 2.43.